The lowest BCUT2D eigenvalue weighted by molar-refractivity contribution is 1.26. The van der Waals surface area contributed by atoms with E-state index in [1.807, 2.05) is 12.3 Å². The van der Waals surface area contributed by atoms with Crippen LogP contribution in [0, 0.1) is 0 Å². The third-order valence-electron chi connectivity index (χ3n) is 1.19. The van der Waals surface area contributed by atoms with E-state index in [1.165, 1.54) is 0 Å². The molecule has 2 aromatic rings. The van der Waals surface area contributed by atoms with Crippen LogP contribution in [0.4, 0.5) is 0 Å². The van der Waals surface area contributed by atoms with E-state index in [9.17, 15) is 0 Å². The molecule has 0 aliphatic rings. The Kier molecular flexibility index (Phi) is 1.64. The maximum absolute atomic E-state index is 4.05. The fourth-order valence-corrected chi connectivity index (χ4v) is 0.781. The maximum Gasteiger partial charge on any atom is 0.155 e. The van der Waals surface area contributed by atoms with Gasteiger partial charge in [-0.1, -0.05) is 0 Å². The Hall–Kier alpha value is -1.42. The van der Waals surface area contributed by atoms with Crippen molar-refractivity contribution in [3.8, 4) is 0 Å². The second-order valence-corrected chi connectivity index (χ2v) is 1.77. The largest absolute Gasteiger partial charge is 0.345 e. The zero-order valence-electron chi connectivity index (χ0n) is 5.41. The number of aromatic nitrogens is 3. The summed E-state index contributed by atoms with van der Waals surface area (Å²) in [6, 6.07) is 1.89. The van der Waals surface area contributed by atoms with Gasteiger partial charge >= 0.3 is 0 Å². The molecule has 0 aliphatic carbocycles. The highest BCUT2D eigenvalue weighted by molar-refractivity contribution is 5.69. The van der Waals surface area contributed by atoms with E-state index in [-0.39, 0.29) is 6.15 Å². The number of H-pyrrole nitrogens is 1. The first-order valence-corrected chi connectivity index (χ1v) is 2.71. The third kappa shape index (κ3) is 0.844. The summed E-state index contributed by atoms with van der Waals surface area (Å²) in [5.41, 5.74) is 1.76. The first kappa shape index (κ1) is 6.70. The average Bonchev–Trinajstić information content (AvgIpc) is 2.33. The first-order valence-electron chi connectivity index (χ1n) is 2.71. The van der Waals surface area contributed by atoms with Gasteiger partial charge in [0.25, 0.3) is 0 Å². The van der Waals surface area contributed by atoms with Crippen LogP contribution < -0.4 is 6.15 Å². The van der Waals surface area contributed by atoms with E-state index < -0.39 is 0 Å². The van der Waals surface area contributed by atoms with Crippen molar-refractivity contribution in [3.05, 3.63) is 24.7 Å². The van der Waals surface area contributed by atoms with Gasteiger partial charge in [-0.3, -0.25) is 4.98 Å². The Bertz CT molecular complexity index is 284. The van der Waals surface area contributed by atoms with Crippen LogP contribution in [0.3, 0.4) is 0 Å². The predicted molar refractivity (Wildman–Crippen MR) is 38.9 cm³/mol. The minimum Gasteiger partial charge on any atom is -0.345 e. The van der Waals surface area contributed by atoms with Gasteiger partial charge in [0.1, 0.15) is 5.52 Å². The molecular formula is C6H8N4. The predicted octanol–water partition coefficient (Wildman–Crippen LogP) is 1.12. The number of aromatic amines is 1. The van der Waals surface area contributed by atoms with Gasteiger partial charge in [-0.25, -0.2) is 4.98 Å². The zero-order chi connectivity index (χ0) is 6.10. The fourth-order valence-electron chi connectivity index (χ4n) is 0.781. The van der Waals surface area contributed by atoms with E-state index in [0.29, 0.717) is 0 Å². The van der Waals surface area contributed by atoms with E-state index >= 15 is 0 Å². The van der Waals surface area contributed by atoms with Gasteiger partial charge < -0.3 is 11.1 Å². The van der Waals surface area contributed by atoms with Crippen LogP contribution >= 0.6 is 0 Å². The van der Waals surface area contributed by atoms with Gasteiger partial charge in [-0.05, 0) is 6.07 Å². The quantitative estimate of drug-likeness (QED) is 0.569. The van der Waals surface area contributed by atoms with Crippen LogP contribution in [-0.2, 0) is 0 Å². The molecule has 10 heavy (non-hydrogen) atoms. The Morgan fingerprint density at radius 1 is 1.20 bits per heavy atom. The second-order valence-electron chi connectivity index (χ2n) is 1.77. The van der Waals surface area contributed by atoms with Crippen LogP contribution in [0.5, 0.6) is 0 Å². The van der Waals surface area contributed by atoms with Crippen molar-refractivity contribution in [1.29, 1.82) is 0 Å². The Morgan fingerprint density at radius 2 is 2.00 bits per heavy atom. The smallest absolute Gasteiger partial charge is 0.155 e. The monoisotopic (exact) mass is 136 g/mol. The molecule has 52 valence electrons. The van der Waals surface area contributed by atoms with Crippen molar-refractivity contribution in [2.75, 3.05) is 0 Å². The van der Waals surface area contributed by atoms with Crippen molar-refractivity contribution < 1.29 is 0 Å². The SMILES string of the molecule is N.c1cnc2[nH]ccc2n1. The number of nitrogens with one attached hydrogen (secondary N) is 1. The molecule has 0 saturated carbocycles. The van der Waals surface area contributed by atoms with Crippen molar-refractivity contribution in [3.63, 3.8) is 0 Å². The summed E-state index contributed by atoms with van der Waals surface area (Å²) in [4.78, 5) is 11.0. The number of hydrogen-bond donors (Lipinski definition) is 2. The Morgan fingerprint density at radius 3 is 2.80 bits per heavy atom. The Labute approximate surface area is 57.9 Å². The van der Waals surface area contributed by atoms with Crippen LogP contribution in [-0.4, -0.2) is 15.0 Å². The van der Waals surface area contributed by atoms with Gasteiger partial charge in [-0.15, -0.1) is 0 Å². The Balaban J connectivity index is 0.000000500. The molecule has 0 radical (unpaired) electrons. The normalized spacial score (nSPS) is 9.20. The molecule has 0 aromatic carbocycles. The maximum atomic E-state index is 4.05. The molecule has 0 fully saturated rings. The van der Waals surface area contributed by atoms with Crippen LogP contribution in [0.1, 0.15) is 0 Å². The van der Waals surface area contributed by atoms with E-state index in [2.05, 4.69) is 15.0 Å². The molecule has 2 heterocycles. The topological polar surface area (TPSA) is 76.6 Å². The van der Waals surface area contributed by atoms with Crippen LogP contribution in [0.2, 0.25) is 0 Å². The first-order chi connectivity index (χ1) is 4.47. The molecule has 0 spiro atoms. The molecule has 0 atom stereocenters. The van der Waals surface area contributed by atoms with Crippen LogP contribution in [0.25, 0.3) is 11.2 Å². The van der Waals surface area contributed by atoms with E-state index in [4.69, 9.17) is 0 Å². The molecule has 0 saturated heterocycles. The van der Waals surface area contributed by atoms with Crippen molar-refractivity contribution in [2.24, 2.45) is 0 Å². The number of nitrogens with zero attached hydrogens (tertiary/aromatic N) is 2. The summed E-state index contributed by atoms with van der Waals surface area (Å²) in [7, 11) is 0. The van der Waals surface area contributed by atoms with Gasteiger partial charge in [-0.2, -0.15) is 0 Å². The lowest BCUT2D eigenvalue weighted by Crippen LogP contribution is -1.75. The lowest BCUT2D eigenvalue weighted by atomic mass is 10.5. The molecule has 4 heteroatoms. The molecule has 4 nitrogen and oxygen atoms in total. The molecule has 0 aliphatic heterocycles. The summed E-state index contributed by atoms with van der Waals surface area (Å²) in [6.07, 6.45) is 5.17. The summed E-state index contributed by atoms with van der Waals surface area (Å²) < 4.78 is 0. The summed E-state index contributed by atoms with van der Waals surface area (Å²) in [5.74, 6) is 0. The molecule has 0 unspecified atom stereocenters. The van der Waals surface area contributed by atoms with Gasteiger partial charge in [0.15, 0.2) is 5.65 Å². The van der Waals surface area contributed by atoms with Crippen molar-refractivity contribution in [1.82, 2.24) is 21.1 Å². The summed E-state index contributed by atoms with van der Waals surface area (Å²) in [6.45, 7) is 0. The van der Waals surface area contributed by atoms with Gasteiger partial charge in [0.05, 0.1) is 0 Å². The van der Waals surface area contributed by atoms with Gasteiger partial charge in [0, 0.05) is 18.6 Å². The third-order valence-corrected chi connectivity index (χ3v) is 1.19. The minimum atomic E-state index is 0. The number of hydrogen-bond acceptors (Lipinski definition) is 3. The van der Waals surface area contributed by atoms with Gasteiger partial charge in [0.2, 0.25) is 0 Å². The highest BCUT2D eigenvalue weighted by atomic mass is 14.9. The molecule has 2 rings (SSSR count). The molecule has 4 N–H and O–H groups in total. The highest BCUT2D eigenvalue weighted by Crippen LogP contribution is 2.01. The zero-order valence-corrected chi connectivity index (χ0v) is 5.41. The molecule has 2 aromatic heterocycles. The highest BCUT2D eigenvalue weighted by Gasteiger charge is 1.90. The minimum absolute atomic E-state index is 0. The van der Waals surface area contributed by atoms with Crippen LogP contribution in [0.15, 0.2) is 24.7 Å². The van der Waals surface area contributed by atoms with E-state index in [1.54, 1.807) is 12.4 Å². The van der Waals surface area contributed by atoms with E-state index in [0.717, 1.165) is 11.2 Å². The number of fused-ring (bicyclic) bond motifs is 1. The average molecular weight is 136 g/mol. The second kappa shape index (κ2) is 2.45. The standard InChI is InChI=1S/C6H5N3.H3N/c1-2-8-6-5(1)7-3-4-9-6;/h1-4H,(H,8,9);1H3. The van der Waals surface area contributed by atoms with Crippen molar-refractivity contribution >= 4 is 11.2 Å². The summed E-state index contributed by atoms with van der Waals surface area (Å²) >= 11 is 0. The lowest BCUT2D eigenvalue weighted by Gasteiger charge is -1.81. The fraction of sp³-hybridized carbons (Fsp3) is 0. The summed E-state index contributed by atoms with van der Waals surface area (Å²) in [5, 5.41) is 0. The number of rotatable bonds is 0. The molecule has 0 bridgehead atoms. The molecular weight excluding hydrogens is 128 g/mol. The van der Waals surface area contributed by atoms with Crippen molar-refractivity contribution in [2.45, 2.75) is 0 Å². The molecule has 0 amide bonds.